The number of hydrogen-bond acceptors (Lipinski definition) is 3. The Morgan fingerprint density at radius 3 is 2.76 bits per heavy atom. The highest BCUT2D eigenvalue weighted by Gasteiger charge is 2.35. The summed E-state index contributed by atoms with van der Waals surface area (Å²) in [5, 5.41) is 13.2. The molecule has 0 saturated carbocycles. The molecule has 0 aliphatic carbocycles. The third-order valence-electron chi connectivity index (χ3n) is 3.63. The van der Waals surface area contributed by atoms with Crippen molar-refractivity contribution in [2.45, 2.75) is 33.6 Å². The van der Waals surface area contributed by atoms with Crippen molar-refractivity contribution in [3.63, 3.8) is 0 Å². The van der Waals surface area contributed by atoms with E-state index >= 15 is 0 Å². The maximum absolute atomic E-state index is 12.2. The smallest absolute Gasteiger partial charge is 0.232 e. The van der Waals surface area contributed by atoms with Crippen LogP contribution >= 0.6 is 0 Å². The van der Waals surface area contributed by atoms with Gasteiger partial charge in [-0.25, -0.2) is 0 Å². The number of aromatic nitrogens is 2. The molecule has 1 atom stereocenters. The average Bonchev–Trinajstić information content (AvgIpc) is 2.62. The SMILES string of the molecule is Cc1[nH]nc(NC(=O)C2(C)CCCNC2)c1C. The van der Waals surface area contributed by atoms with E-state index in [0.29, 0.717) is 5.82 Å². The van der Waals surface area contributed by atoms with Crippen molar-refractivity contribution in [1.82, 2.24) is 15.5 Å². The number of carbonyl (C=O) groups excluding carboxylic acids is 1. The van der Waals surface area contributed by atoms with Crippen molar-refractivity contribution in [2.75, 3.05) is 18.4 Å². The number of hydrogen-bond donors (Lipinski definition) is 3. The Morgan fingerprint density at radius 1 is 1.47 bits per heavy atom. The van der Waals surface area contributed by atoms with Crippen LogP contribution in [-0.2, 0) is 4.79 Å². The van der Waals surface area contributed by atoms with E-state index in [2.05, 4.69) is 20.8 Å². The minimum Gasteiger partial charge on any atom is -0.316 e. The molecule has 1 aliphatic heterocycles. The number of aromatic amines is 1. The first-order chi connectivity index (χ1) is 8.03. The maximum atomic E-state index is 12.2. The summed E-state index contributed by atoms with van der Waals surface area (Å²) < 4.78 is 0. The Labute approximate surface area is 101 Å². The summed E-state index contributed by atoms with van der Waals surface area (Å²) in [5.74, 6) is 0.707. The van der Waals surface area contributed by atoms with Gasteiger partial charge in [-0.2, -0.15) is 5.10 Å². The van der Waals surface area contributed by atoms with Crippen molar-refractivity contribution in [2.24, 2.45) is 5.41 Å². The van der Waals surface area contributed by atoms with E-state index in [1.165, 1.54) is 0 Å². The largest absolute Gasteiger partial charge is 0.316 e. The highest BCUT2D eigenvalue weighted by Crippen LogP contribution is 2.27. The number of anilines is 1. The molecule has 17 heavy (non-hydrogen) atoms. The molecule has 2 rings (SSSR count). The van der Waals surface area contributed by atoms with E-state index < -0.39 is 0 Å². The predicted octanol–water partition coefficient (Wildman–Crippen LogP) is 1.35. The van der Waals surface area contributed by atoms with Crippen molar-refractivity contribution < 1.29 is 4.79 Å². The van der Waals surface area contributed by atoms with Gasteiger partial charge in [-0.3, -0.25) is 9.89 Å². The van der Waals surface area contributed by atoms with Crippen molar-refractivity contribution in [1.29, 1.82) is 0 Å². The highest BCUT2D eigenvalue weighted by molar-refractivity contribution is 5.95. The van der Waals surface area contributed by atoms with E-state index in [0.717, 1.165) is 37.2 Å². The summed E-state index contributed by atoms with van der Waals surface area (Å²) in [6.45, 7) is 7.64. The standard InChI is InChI=1S/C12H20N4O/c1-8-9(2)15-16-10(8)14-11(17)12(3)5-4-6-13-7-12/h13H,4-7H2,1-3H3,(H2,14,15,16,17). The lowest BCUT2D eigenvalue weighted by Crippen LogP contribution is -2.46. The van der Waals surface area contributed by atoms with Crippen LogP contribution < -0.4 is 10.6 Å². The van der Waals surface area contributed by atoms with E-state index in [1.54, 1.807) is 0 Å². The average molecular weight is 236 g/mol. The molecule has 3 N–H and O–H groups in total. The second-order valence-corrected chi connectivity index (χ2v) is 5.12. The Bertz CT molecular complexity index is 418. The van der Waals surface area contributed by atoms with Gasteiger partial charge in [0.2, 0.25) is 5.91 Å². The molecule has 0 spiro atoms. The summed E-state index contributed by atoms with van der Waals surface area (Å²) in [6, 6.07) is 0. The normalized spacial score (nSPS) is 24.6. The minimum atomic E-state index is -0.322. The quantitative estimate of drug-likeness (QED) is 0.726. The van der Waals surface area contributed by atoms with Crippen LogP contribution in [0, 0.1) is 19.3 Å². The fourth-order valence-corrected chi connectivity index (χ4v) is 2.12. The van der Waals surface area contributed by atoms with Gasteiger partial charge in [0, 0.05) is 17.8 Å². The number of amides is 1. The summed E-state index contributed by atoms with van der Waals surface area (Å²) in [6.07, 6.45) is 1.97. The van der Waals surface area contributed by atoms with Crippen molar-refractivity contribution >= 4 is 11.7 Å². The lowest BCUT2D eigenvalue weighted by Gasteiger charge is -2.32. The number of nitrogens with one attached hydrogen (secondary N) is 3. The van der Waals surface area contributed by atoms with Crippen LogP contribution in [0.1, 0.15) is 31.0 Å². The van der Waals surface area contributed by atoms with Crippen LogP contribution in [0.25, 0.3) is 0 Å². The van der Waals surface area contributed by atoms with Crippen molar-refractivity contribution in [3.8, 4) is 0 Å². The summed E-state index contributed by atoms with van der Waals surface area (Å²) in [7, 11) is 0. The molecule has 2 heterocycles. The molecule has 1 aliphatic rings. The summed E-state index contributed by atoms with van der Waals surface area (Å²) >= 11 is 0. The minimum absolute atomic E-state index is 0.0549. The number of nitrogens with zero attached hydrogens (tertiary/aromatic N) is 1. The molecular formula is C12H20N4O. The zero-order valence-corrected chi connectivity index (χ0v) is 10.7. The lowest BCUT2D eigenvalue weighted by atomic mass is 9.82. The molecule has 0 radical (unpaired) electrons. The van der Waals surface area contributed by atoms with Crippen LogP contribution in [-0.4, -0.2) is 29.2 Å². The second kappa shape index (κ2) is 4.49. The number of H-pyrrole nitrogens is 1. The molecule has 5 nitrogen and oxygen atoms in total. The van der Waals surface area contributed by atoms with E-state index in [4.69, 9.17) is 0 Å². The number of rotatable bonds is 2. The van der Waals surface area contributed by atoms with Crippen molar-refractivity contribution in [3.05, 3.63) is 11.3 Å². The van der Waals surface area contributed by atoms with Gasteiger partial charge in [0.15, 0.2) is 5.82 Å². The van der Waals surface area contributed by atoms with Gasteiger partial charge in [0.05, 0.1) is 5.41 Å². The molecule has 1 unspecified atom stereocenters. The summed E-state index contributed by atoms with van der Waals surface area (Å²) in [4.78, 5) is 12.2. The van der Waals surface area contributed by atoms with Gasteiger partial charge in [0.1, 0.15) is 0 Å². The zero-order chi connectivity index (χ0) is 12.5. The Morgan fingerprint density at radius 2 is 2.24 bits per heavy atom. The monoisotopic (exact) mass is 236 g/mol. The summed E-state index contributed by atoms with van der Waals surface area (Å²) in [5.41, 5.74) is 1.68. The second-order valence-electron chi connectivity index (χ2n) is 5.12. The number of piperidine rings is 1. The van der Waals surface area contributed by atoms with Gasteiger partial charge >= 0.3 is 0 Å². The zero-order valence-electron chi connectivity index (χ0n) is 10.7. The topological polar surface area (TPSA) is 69.8 Å². The molecule has 94 valence electrons. The van der Waals surface area contributed by atoms with Gasteiger partial charge in [-0.1, -0.05) is 0 Å². The molecule has 0 bridgehead atoms. The van der Waals surface area contributed by atoms with Crippen LogP contribution in [0.4, 0.5) is 5.82 Å². The van der Waals surface area contributed by atoms with Gasteiger partial charge in [-0.15, -0.1) is 0 Å². The third kappa shape index (κ3) is 2.34. The fraction of sp³-hybridized carbons (Fsp3) is 0.667. The molecule has 1 aromatic rings. The molecule has 1 saturated heterocycles. The molecule has 5 heteroatoms. The molecule has 1 amide bonds. The maximum Gasteiger partial charge on any atom is 0.232 e. The van der Waals surface area contributed by atoms with E-state index in [-0.39, 0.29) is 11.3 Å². The first-order valence-corrected chi connectivity index (χ1v) is 6.07. The third-order valence-corrected chi connectivity index (χ3v) is 3.63. The van der Waals surface area contributed by atoms with Gasteiger partial charge in [-0.05, 0) is 40.2 Å². The Hall–Kier alpha value is -1.36. The first-order valence-electron chi connectivity index (χ1n) is 6.07. The molecule has 0 aromatic carbocycles. The van der Waals surface area contributed by atoms with E-state index in [1.807, 2.05) is 20.8 Å². The highest BCUT2D eigenvalue weighted by atomic mass is 16.2. The Kier molecular flexibility index (Phi) is 3.19. The number of aryl methyl sites for hydroxylation is 1. The van der Waals surface area contributed by atoms with Crippen LogP contribution in [0.5, 0.6) is 0 Å². The number of carbonyl (C=O) groups is 1. The van der Waals surface area contributed by atoms with Crippen LogP contribution in [0.2, 0.25) is 0 Å². The first kappa shape index (κ1) is 12.1. The van der Waals surface area contributed by atoms with Gasteiger partial charge in [0.25, 0.3) is 0 Å². The molecule has 1 fully saturated rings. The predicted molar refractivity (Wildman–Crippen MR) is 66.9 cm³/mol. The van der Waals surface area contributed by atoms with Crippen LogP contribution in [0.3, 0.4) is 0 Å². The lowest BCUT2D eigenvalue weighted by molar-refractivity contribution is -0.125. The van der Waals surface area contributed by atoms with Gasteiger partial charge < -0.3 is 10.6 Å². The molecular weight excluding hydrogens is 216 g/mol. The van der Waals surface area contributed by atoms with Crippen LogP contribution in [0.15, 0.2) is 0 Å². The molecule has 1 aromatic heterocycles. The Balaban J connectivity index is 2.08. The fourth-order valence-electron chi connectivity index (χ4n) is 2.12. The van der Waals surface area contributed by atoms with E-state index in [9.17, 15) is 4.79 Å².